The van der Waals surface area contributed by atoms with Crippen LogP contribution in [0.1, 0.15) is 21.5 Å². The van der Waals surface area contributed by atoms with Gasteiger partial charge in [-0.2, -0.15) is 0 Å². The Labute approximate surface area is 121 Å². The summed E-state index contributed by atoms with van der Waals surface area (Å²) in [5.74, 6) is -1.22. The Morgan fingerprint density at radius 3 is 2.76 bits per heavy atom. The van der Waals surface area contributed by atoms with Crippen LogP contribution in [0.5, 0.6) is 0 Å². The van der Waals surface area contributed by atoms with Crippen molar-refractivity contribution in [3.63, 3.8) is 0 Å². The van der Waals surface area contributed by atoms with E-state index in [-0.39, 0.29) is 12.3 Å². The molecule has 0 saturated heterocycles. The standard InChI is InChI=1S/C16H14N2O3/c19-15-13-6-2-1-5-12(13)10-18(15)14(16(20)21)8-11-4-3-7-17-9-11/h1-7,9,14H,8,10H2,(H,20,21). The number of amides is 1. The van der Waals surface area contributed by atoms with E-state index in [1.165, 1.54) is 4.90 Å². The molecule has 5 heteroatoms. The van der Waals surface area contributed by atoms with Crippen LogP contribution in [0.4, 0.5) is 0 Å². The molecule has 5 nitrogen and oxygen atoms in total. The van der Waals surface area contributed by atoms with Gasteiger partial charge in [0.05, 0.1) is 0 Å². The van der Waals surface area contributed by atoms with E-state index in [1.54, 1.807) is 30.6 Å². The van der Waals surface area contributed by atoms with Crippen molar-refractivity contribution in [3.8, 4) is 0 Å². The Hall–Kier alpha value is -2.69. The molecule has 0 bridgehead atoms. The number of carbonyl (C=O) groups excluding carboxylic acids is 1. The number of benzene rings is 1. The molecule has 106 valence electrons. The van der Waals surface area contributed by atoms with E-state index in [1.807, 2.05) is 18.2 Å². The lowest BCUT2D eigenvalue weighted by Crippen LogP contribution is -2.42. The van der Waals surface area contributed by atoms with Gasteiger partial charge in [0.15, 0.2) is 0 Å². The first-order valence-electron chi connectivity index (χ1n) is 6.67. The number of nitrogens with zero attached hydrogens (tertiary/aromatic N) is 2. The van der Waals surface area contributed by atoms with Gasteiger partial charge in [0, 0.05) is 30.9 Å². The lowest BCUT2D eigenvalue weighted by atomic mass is 10.1. The smallest absolute Gasteiger partial charge is 0.326 e. The summed E-state index contributed by atoms with van der Waals surface area (Å²) in [6.45, 7) is 0.340. The third kappa shape index (κ3) is 2.50. The van der Waals surface area contributed by atoms with Crippen molar-refractivity contribution in [1.82, 2.24) is 9.88 Å². The molecule has 1 aromatic carbocycles. The van der Waals surface area contributed by atoms with Gasteiger partial charge in [-0.25, -0.2) is 4.79 Å². The van der Waals surface area contributed by atoms with Crippen molar-refractivity contribution in [1.29, 1.82) is 0 Å². The molecule has 21 heavy (non-hydrogen) atoms. The maximum atomic E-state index is 12.4. The third-order valence-electron chi connectivity index (χ3n) is 3.66. The Bertz CT molecular complexity index is 685. The quantitative estimate of drug-likeness (QED) is 0.927. The molecule has 1 N–H and O–H groups in total. The largest absolute Gasteiger partial charge is 0.480 e. The minimum absolute atomic E-state index is 0.220. The number of carboxylic acid groups (broad SMARTS) is 1. The highest BCUT2D eigenvalue weighted by molar-refractivity contribution is 6.00. The van der Waals surface area contributed by atoms with Crippen molar-refractivity contribution < 1.29 is 14.7 Å². The molecule has 2 aromatic rings. The normalized spacial score (nSPS) is 14.9. The van der Waals surface area contributed by atoms with Crippen LogP contribution < -0.4 is 0 Å². The fourth-order valence-electron chi connectivity index (χ4n) is 2.60. The van der Waals surface area contributed by atoms with Gasteiger partial charge in [0.25, 0.3) is 5.91 Å². The second kappa shape index (κ2) is 5.36. The van der Waals surface area contributed by atoms with Gasteiger partial charge in [0.2, 0.25) is 0 Å². The predicted molar refractivity (Wildman–Crippen MR) is 75.7 cm³/mol. The van der Waals surface area contributed by atoms with E-state index in [2.05, 4.69) is 4.98 Å². The molecule has 0 fully saturated rings. The van der Waals surface area contributed by atoms with Crippen LogP contribution in [-0.4, -0.2) is 32.9 Å². The lowest BCUT2D eigenvalue weighted by Gasteiger charge is -2.24. The zero-order valence-corrected chi connectivity index (χ0v) is 11.3. The fraction of sp³-hybridized carbons (Fsp3) is 0.188. The SMILES string of the molecule is O=C(O)C(Cc1cccnc1)N1Cc2ccccc2C1=O. The molecule has 1 aromatic heterocycles. The number of pyridine rings is 1. The molecule has 0 aliphatic carbocycles. The Morgan fingerprint density at radius 1 is 1.29 bits per heavy atom. The van der Waals surface area contributed by atoms with Crippen molar-refractivity contribution in [2.45, 2.75) is 19.0 Å². The highest BCUT2D eigenvalue weighted by atomic mass is 16.4. The average molecular weight is 282 g/mol. The molecule has 0 spiro atoms. The van der Waals surface area contributed by atoms with Gasteiger partial charge in [-0.3, -0.25) is 9.78 Å². The van der Waals surface area contributed by atoms with Gasteiger partial charge in [-0.1, -0.05) is 24.3 Å². The number of hydrogen-bond acceptors (Lipinski definition) is 3. The van der Waals surface area contributed by atoms with Crippen molar-refractivity contribution in [2.24, 2.45) is 0 Å². The maximum absolute atomic E-state index is 12.4. The summed E-state index contributed by atoms with van der Waals surface area (Å²) < 4.78 is 0. The summed E-state index contributed by atoms with van der Waals surface area (Å²) in [4.78, 5) is 29.4. The van der Waals surface area contributed by atoms with Crippen molar-refractivity contribution >= 4 is 11.9 Å². The van der Waals surface area contributed by atoms with Crippen LogP contribution in [0.15, 0.2) is 48.8 Å². The highest BCUT2D eigenvalue weighted by Gasteiger charge is 2.36. The number of rotatable bonds is 4. The van der Waals surface area contributed by atoms with Crippen LogP contribution in [0.2, 0.25) is 0 Å². The first-order valence-corrected chi connectivity index (χ1v) is 6.67. The predicted octanol–water partition coefficient (Wildman–Crippen LogP) is 1.73. The highest BCUT2D eigenvalue weighted by Crippen LogP contribution is 2.25. The molecule has 1 aliphatic rings. The third-order valence-corrected chi connectivity index (χ3v) is 3.66. The summed E-state index contributed by atoms with van der Waals surface area (Å²) in [5, 5.41) is 9.48. The number of aromatic nitrogens is 1. The van der Waals surface area contributed by atoms with Crippen molar-refractivity contribution in [3.05, 3.63) is 65.5 Å². The number of carboxylic acids is 1. The molecular weight excluding hydrogens is 268 g/mol. The molecule has 1 unspecified atom stereocenters. The molecule has 0 radical (unpaired) electrons. The first-order chi connectivity index (χ1) is 10.2. The lowest BCUT2D eigenvalue weighted by molar-refractivity contribution is -0.142. The summed E-state index contributed by atoms with van der Waals surface area (Å²) in [7, 11) is 0. The minimum Gasteiger partial charge on any atom is -0.480 e. The molecule has 2 heterocycles. The van der Waals surface area contributed by atoms with Gasteiger partial charge >= 0.3 is 5.97 Å². The second-order valence-corrected chi connectivity index (χ2v) is 5.01. The summed E-state index contributed by atoms with van der Waals surface area (Å²) in [6.07, 6.45) is 3.52. The number of hydrogen-bond donors (Lipinski definition) is 1. The maximum Gasteiger partial charge on any atom is 0.326 e. The van der Waals surface area contributed by atoms with E-state index < -0.39 is 12.0 Å². The van der Waals surface area contributed by atoms with Crippen LogP contribution in [0, 0.1) is 0 Å². The second-order valence-electron chi connectivity index (χ2n) is 5.01. The Kier molecular flexibility index (Phi) is 3.39. The number of aliphatic carboxylic acids is 1. The van der Waals surface area contributed by atoms with E-state index >= 15 is 0 Å². The van der Waals surface area contributed by atoms with Crippen LogP contribution in [0.3, 0.4) is 0 Å². The monoisotopic (exact) mass is 282 g/mol. The van der Waals surface area contributed by atoms with Gasteiger partial charge < -0.3 is 10.0 Å². The zero-order chi connectivity index (χ0) is 14.8. The minimum atomic E-state index is -1.000. The van der Waals surface area contributed by atoms with Crippen LogP contribution in [-0.2, 0) is 17.8 Å². The van der Waals surface area contributed by atoms with Gasteiger partial charge in [0.1, 0.15) is 6.04 Å². The fourth-order valence-corrected chi connectivity index (χ4v) is 2.60. The summed E-state index contributed by atoms with van der Waals surface area (Å²) >= 11 is 0. The van der Waals surface area contributed by atoms with E-state index in [4.69, 9.17) is 0 Å². The molecule has 1 aliphatic heterocycles. The molecule has 3 rings (SSSR count). The number of fused-ring (bicyclic) bond motifs is 1. The van der Waals surface area contributed by atoms with Gasteiger partial charge in [-0.15, -0.1) is 0 Å². The van der Waals surface area contributed by atoms with E-state index in [0.717, 1.165) is 11.1 Å². The van der Waals surface area contributed by atoms with Crippen LogP contribution >= 0.6 is 0 Å². The molecule has 1 atom stereocenters. The van der Waals surface area contributed by atoms with Crippen molar-refractivity contribution in [2.75, 3.05) is 0 Å². The Balaban J connectivity index is 1.87. The van der Waals surface area contributed by atoms with E-state index in [0.29, 0.717) is 12.1 Å². The van der Waals surface area contributed by atoms with Gasteiger partial charge in [-0.05, 0) is 23.3 Å². The van der Waals surface area contributed by atoms with Crippen LogP contribution in [0.25, 0.3) is 0 Å². The topological polar surface area (TPSA) is 70.5 Å². The molecular formula is C16H14N2O3. The average Bonchev–Trinajstić information content (AvgIpc) is 2.83. The summed E-state index contributed by atoms with van der Waals surface area (Å²) in [6, 6.07) is 9.93. The first kappa shape index (κ1) is 13.3. The van der Waals surface area contributed by atoms with E-state index in [9.17, 15) is 14.7 Å². The molecule has 1 amide bonds. The Morgan fingerprint density at radius 2 is 2.10 bits per heavy atom. The summed E-state index contributed by atoms with van der Waals surface area (Å²) in [5.41, 5.74) is 2.27. The zero-order valence-electron chi connectivity index (χ0n) is 11.3. The molecule has 0 saturated carbocycles. The number of carbonyl (C=O) groups is 2.